The fourth-order valence-electron chi connectivity index (χ4n) is 2.71. The standard InChI is InChI=1S/C16H21FN4O2.ClH/c1-16(10-18)6-7-21(11-16)8-15-19-14(20-23-15)9-22-13-4-2-12(17)3-5-13;/h2-5H,6-11,18H2,1H3;1H. The highest BCUT2D eigenvalue weighted by Gasteiger charge is 2.33. The summed E-state index contributed by atoms with van der Waals surface area (Å²) < 4.78 is 23.6. The quantitative estimate of drug-likeness (QED) is 0.856. The molecule has 2 aromatic rings. The van der Waals surface area contributed by atoms with Gasteiger partial charge in [-0.3, -0.25) is 4.90 Å². The molecule has 132 valence electrons. The first-order valence-corrected chi connectivity index (χ1v) is 7.69. The Balaban J connectivity index is 0.00000208. The van der Waals surface area contributed by atoms with Gasteiger partial charge in [0.2, 0.25) is 11.7 Å². The molecule has 1 unspecified atom stereocenters. The molecule has 0 aliphatic carbocycles. The molecule has 24 heavy (non-hydrogen) atoms. The topological polar surface area (TPSA) is 77.4 Å². The van der Waals surface area contributed by atoms with Gasteiger partial charge in [-0.15, -0.1) is 12.4 Å². The maximum atomic E-state index is 12.8. The highest BCUT2D eigenvalue weighted by molar-refractivity contribution is 5.85. The molecule has 1 aromatic heterocycles. The molecule has 2 heterocycles. The van der Waals surface area contributed by atoms with Crippen molar-refractivity contribution in [2.24, 2.45) is 11.1 Å². The number of likely N-dealkylation sites (tertiary alicyclic amines) is 1. The first kappa shape index (κ1) is 18.6. The minimum absolute atomic E-state index is 0. The lowest BCUT2D eigenvalue weighted by atomic mass is 9.90. The summed E-state index contributed by atoms with van der Waals surface area (Å²) in [6, 6.07) is 5.82. The monoisotopic (exact) mass is 356 g/mol. The smallest absolute Gasteiger partial charge is 0.240 e. The lowest BCUT2D eigenvalue weighted by molar-refractivity contribution is 0.237. The molecule has 6 nitrogen and oxygen atoms in total. The normalized spacial score (nSPS) is 20.8. The van der Waals surface area contributed by atoms with Gasteiger partial charge in [0.1, 0.15) is 11.6 Å². The van der Waals surface area contributed by atoms with Gasteiger partial charge in [-0.25, -0.2) is 4.39 Å². The van der Waals surface area contributed by atoms with E-state index in [1.54, 1.807) is 12.1 Å². The summed E-state index contributed by atoms with van der Waals surface area (Å²) in [5.41, 5.74) is 5.99. The number of ether oxygens (including phenoxy) is 1. The Morgan fingerprint density at radius 1 is 1.38 bits per heavy atom. The molecule has 0 bridgehead atoms. The molecule has 1 aliphatic rings. The number of rotatable bonds is 6. The van der Waals surface area contributed by atoms with E-state index >= 15 is 0 Å². The average Bonchev–Trinajstić information content (AvgIpc) is 3.15. The Bertz CT molecular complexity index is 652. The maximum Gasteiger partial charge on any atom is 0.240 e. The highest BCUT2D eigenvalue weighted by Crippen LogP contribution is 2.29. The van der Waals surface area contributed by atoms with E-state index in [0.29, 0.717) is 30.6 Å². The minimum atomic E-state index is -0.297. The summed E-state index contributed by atoms with van der Waals surface area (Å²) in [6.45, 7) is 5.62. The zero-order valence-electron chi connectivity index (χ0n) is 13.6. The van der Waals surface area contributed by atoms with E-state index < -0.39 is 0 Å². The molecule has 1 saturated heterocycles. The minimum Gasteiger partial charge on any atom is -0.485 e. The molecular weight excluding hydrogens is 335 g/mol. The molecule has 8 heteroatoms. The number of nitrogens with two attached hydrogens (primary N) is 1. The van der Waals surface area contributed by atoms with Crippen molar-refractivity contribution >= 4 is 12.4 Å². The number of benzene rings is 1. The van der Waals surface area contributed by atoms with E-state index in [4.69, 9.17) is 15.0 Å². The van der Waals surface area contributed by atoms with E-state index in [1.165, 1.54) is 12.1 Å². The van der Waals surface area contributed by atoms with Gasteiger partial charge in [0.25, 0.3) is 0 Å². The van der Waals surface area contributed by atoms with Crippen LogP contribution in [0.4, 0.5) is 4.39 Å². The zero-order chi connectivity index (χ0) is 16.3. The van der Waals surface area contributed by atoms with Crippen LogP contribution in [0.15, 0.2) is 28.8 Å². The first-order chi connectivity index (χ1) is 11.1. The van der Waals surface area contributed by atoms with E-state index in [2.05, 4.69) is 22.0 Å². The summed E-state index contributed by atoms with van der Waals surface area (Å²) in [5, 5.41) is 3.91. The SMILES string of the molecule is CC1(CN)CCN(Cc2nc(COc3ccc(F)cc3)no2)C1.Cl. The molecule has 1 aliphatic heterocycles. The number of nitrogens with zero attached hydrogens (tertiary/aromatic N) is 3. The van der Waals surface area contributed by atoms with Crippen molar-refractivity contribution in [3.63, 3.8) is 0 Å². The average molecular weight is 357 g/mol. The molecule has 0 radical (unpaired) electrons. The van der Waals surface area contributed by atoms with Crippen LogP contribution in [-0.2, 0) is 13.2 Å². The van der Waals surface area contributed by atoms with E-state index in [9.17, 15) is 4.39 Å². The molecule has 0 spiro atoms. The second-order valence-corrected chi connectivity index (χ2v) is 6.32. The van der Waals surface area contributed by atoms with Gasteiger partial charge in [-0.05, 0) is 49.2 Å². The molecule has 1 atom stereocenters. The molecule has 1 fully saturated rings. The number of hydrogen-bond donors (Lipinski definition) is 1. The van der Waals surface area contributed by atoms with Crippen molar-refractivity contribution in [3.05, 3.63) is 41.8 Å². The Hall–Kier alpha value is -1.70. The Labute approximate surface area is 146 Å². The van der Waals surface area contributed by atoms with Gasteiger partial charge < -0.3 is 15.0 Å². The van der Waals surface area contributed by atoms with Crippen LogP contribution in [0.5, 0.6) is 5.75 Å². The molecule has 2 N–H and O–H groups in total. The Morgan fingerprint density at radius 3 is 2.79 bits per heavy atom. The molecular formula is C16H22ClFN4O2. The van der Waals surface area contributed by atoms with Gasteiger partial charge in [0.05, 0.1) is 6.54 Å². The van der Waals surface area contributed by atoms with Crippen LogP contribution in [0.3, 0.4) is 0 Å². The van der Waals surface area contributed by atoms with Crippen molar-refractivity contribution in [1.82, 2.24) is 15.0 Å². The summed E-state index contributed by atoms with van der Waals surface area (Å²) in [5.74, 6) is 1.32. The van der Waals surface area contributed by atoms with Crippen LogP contribution in [0.1, 0.15) is 25.1 Å². The van der Waals surface area contributed by atoms with Crippen LogP contribution in [0.25, 0.3) is 0 Å². The van der Waals surface area contributed by atoms with E-state index in [1.807, 2.05) is 0 Å². The number of halogens is 2. The third kappa shape index (κ3) is 4.66. The van der Waals surface area contributed by atoms with Gasteiger partial charge >= 0.3 is 0 Å². The van der Waals surface area contributed by atoms with E-state index in [-0.39, 0.29) is 30.2 Å². The van der Waals surface area contributed by atoms with Gasteiger partial charge in [-0.2, -0.15) is 4.98 Å². The van der Waals surface area contributed by atoms with Crippen molar-refractivity contribution in [1.29, 1.82) is 0 Å². The molecule has 3 rings (SSSR count). The summed E-state index contributed by atoms with van der Waals surface area (Å²) >= 11 is 0. The van der Waals surface area contributed by atoms with Gasteiger partial charge in [-0.1, -0.05) is 12.1 Å². The second-order valence-electron chi connectivity index (χ2n) is 6.32. The fraction of sp³-hybridized carbons (Fsp3) is 0.500. The molecule has 0 saturated carbocycles. The fourth-order valence-corrected chi connectivity index (χ4v) is 2.71. The predicted octanol–water partition coefficient (Wildman–Crippen LogP) is 2.38. The summed E-state index contributed by atoms with van der Waals surface area (Å²) in [7, 11) is 0. The van der Waals surface area contributed by atoms with Gasteiger partial charge in [0.15, 0.2) is 6.61 Å². The lowest BCUT2D eigenvalue weighted by Gasteiger charge is -2.21. The van der Waals surface area contributed by atoms with Crippen LogP contribution in [0.2, 0.25) is 0 Å². The molecule has 1 aromatic carbocycles. The predicted molar refractivity (Wildman–Crippen MR) is 89.3 cm³/mol. The highest BCUT2D eigenvalue weighted by atomic mass is 35.5. The van der Waals surface area contributed by atoms with Gasteiger partial charge in [0, 0.05) is 6.54 Å². The van der Waals surface area contributed by atoms with Crippen molar-refractivity contribution < 1.29 is 13.7 Å². The molecule has 0 amide bonds. The Kier molecular flexibility index (Phi) is 6.15. The van der Waals surface area contributed by atoms with Crippen LogP contribution in [-0.4, -0.2) is 34.7 Å². The maximum absolute atomic E-state index is 12.8. The Morgan fingerprint density at radius 2 is 2.12 bits per heavy atom. The van der Waals surface area contributed by atoms with Crippen molar-refractivity contribution in [2.45, 2.75) is 26.5 Å². The summed E-state index contributed by atoms with van der Waals surface area (Å²) in [4.78, 5) is 6.60. The third-order valence-electron chi connectivity index (χ3n) is 4.18. The van der Waals surface area contributed by atoms with Crippen LogP contribution < -0.4 is 10.5 Å². The van der Waals surface area contributed by atoms with E-state index in [0.717, 1.165) is 19.5 Å². The number of hydrogen-bond acceptors (Lipinski definition) is 6. The number of aromatic nitrogens is 2. The van der Waals surface area contributed by atoms with Crippen molar-refractivity contribution in [3.8, 4) is 5.75 Å². The zero-order valence-corrected chi connectivity index (χ0v) is 14.4. The lowest BCUT2D eigenvalue weighted by Crippen LogP contribution is -2.31. The summed E-state index contributed by atoms with van der Waals surface area (Å²) in [6.07, 6.45) is 1.08. The second kappa shape index (κ2) is 7.92. The largest absolute Gasteiger partial charge is 0.485 e. The van der Waals surface area contributed by atoms with Crippen LogP contribution in [0, 0.1) is 11.2 Å². The first-order valence-electron chi connectivity index (χ1n) is 7.69. The van der Waals surface area contributed by atoms with Crippen molar-refractivity contribution in [2.75, 3.05) is 19.6 Å². The third-order valence-corrected chi connectivity index (χ3v) is 4.18. The van der Waals surface area contributed by atoms with Crippen LogP contribution >= 0.6 is 12.4 Å².